The van der Waals surface area contributed by atoms with Gasteiger partial charge >= 0.3 is 0 Å². The molecule has 1 unspecified atom stereocenters. The van der Waals surface area contributed by atoms with Crippen LogP contribution in [-0.4, -0.2) is 36.9 Å². The lowest BCUT2D eigenvalue weighted by molar-refractivity contribution is 0.220. The zero-order valence-corrected chi connectivity index (χ0v) is 10.2. The molecular formula is C14H22N2O. The summed E-state index contributed by atoms with van der Waals surface area (Å²) in [6.45, 7) is 2.38. The van der Waals surface area contributed by atoms with Crippen molar-refractivity contribution in [2.75, 3.05) is 19.7 Å². The summed E-state index contributed by atoms with van der Waals surface area (Å²) in [5, 5.41) is 16.4. The molecule has 1 saturated heterocycles. The summed E-state index contributed by atoms with van der Waals surface area (Å²) in [7, 11) is 0. The van der Waals surface area contributed by atoms with Gasteiger partial charge in [-0.1, -0.05) is 30.3 Å². The monoisotopic (exact) mass is 234 g/mol. The van der Waals surface area contributed by atoms with Crippen molar-refractivity contribution in [1.29, 1.82) is 0 Å². The van der Waals surface area contributed by atoms with E-state index >= 15 is 0 Å². The molecule has 1 aromatic rings. The Morgan fingerprint density at radius 3 is 2.59 bits per heavy atom. The van der Waals surface area contributed by atoms with Gasteiger partial charge in [0.15, 0.2) is 0 Å². The Bertz CT molecular complexity index is 309. The molecule has 0 aromatic heterocycles. The highest BCUT2D eigenvalue weighted by Gasteiger charge is 2.17. The molecule has 1 aliphatic heterocycles. The lowest BCUT2D eigenvalue weighted by Crippen LogP contribution is -2.46. The van der Waals surface area contributed by atoms with Gasteiger partial charge in [-0.05, 0) is 37.9 Å². The van der Waals surface area contributed by atoms with E-state index in [1.807, 2.05) is 18.2 Å². The smallest absolute Gasteiger partial charge is 0.0587 e. The van der Waals surface area contributed by atoms with E-state index in [9.17, 15) is 5.11 Å². The van der Waals surface area contributed by atoms with Crippen LogP contribution in [0.4, 0.5) is 0 Å². The second-order valence-electron chi connectivity index (χ2n) is 4.76. The van der Waals surface area contributed by atoms with Crippen LogP contribution in [0.2, 0.25) is 0 Å². The van der Waals surface area contributed by atoms with Gasteiger partial charge in [0.2, 0.25) is 0 Å². The summed E-state index contributed by atoms with van der Waals surface area (Å²) in [6, 6.07) is 11.1. The summed E-state index contributed by atoms with van der Waals surface area (Å²) in [4.78, 5) is 0. The Hall–Kier alpha value is -0.900. The van der Waals surface area contributed by atoms with Gasteiger partial charge in [-0.2, -0.15) is 0 Å². The highest BCUT2D eigenvalue weighted by Crippen LogP contribution is 2.07. The Morgan fingerprint density at radius 2 is 1.94 bits per heavy atom. The van der Waals surface area contributed by atoms with Crippen molar-refractivity contribution in [1.82, 2.24) is 10.6 Å². The van der Waals surface area contributed by atoms with Crippen LogP contribution in [0.1, 0.15) is 18.4 Å². The van der Waals surface area contributed by atoms with Gasteiger partial charge in [0.25, 0.3) is 0 Å². The SMILES string of the molecule is OCC(Cc1ccccc1)NC1CCNCC1. The molecule has 3 nitrogen and oxygen atoms in total. The van der Waals surface area contributed by atoms with Crippen molar-refractivity contribution >= 4 is 0 Å². The van der Waals surface area contributed by atoms with Crippen LogP contribution < -0.4 is 10.6 Å². The van der Waals surface area contributed by atoms with Crippen LogP contribution in [0.25, 0.3) is 0 Å². The number of benzene rings is 1. The predicted molar refractivity (Wildman–Crippen MR) is 70.0 cm³/mol. The molecule has 17 heavy (non-hydrogen) atoms. The maximum absolute atomic E-state index is 9.44. The van der Waals surface area contributed by atoms with Gasteiger partial charge < -0.3 is 15.7 Å². The third kappa shape index (κ3) is 4.11. The average Bonchev–Trinajstić information content (AvgIpc) is 2.40. The van der Waals surface area contributed by atoms with Crippen LogP contribution in [0, 0.1) is 0 Å². The minimum absolute atomic E-state index is 0.181. The second-order valence-corrected chi connectivity index (χ2v) is 4.76. The van der Waals surface area contributed by atoms with Crippen molar-refractivity contribution in [3.05, 3.63) is 35.9 Å². The first-order valence-electron chi connectivity index (χ1n) is 6.50. The zero-order valence-electron chi connectivity index (χ0n) is 10.2. The molecule has 0 amide bonds. The highest BCUT2D eigenvalue weighted by molar-refractivity contribution is 5.16. The molecule has 1 heterocycles. The summed E-state index contributed by atoms with van der Waals surface area (Å²) in [6.07, 6.45) is 3.22. The van der Waals surface area contributed by atoms with E-state index in [1.54, 1.807) is 0 Å². The van der Waals surface area contributed by atoms with Crippen molar-refractivity contribution in [2.24, 2.45) is 0 Å². The molecule has 94 valence electrons. The number of hydrogen-bond donors (Lipinski definition) is 3. The lowest BCUT2D eigenvalue weighted by atomic mass is 10.0. The summed E-state index contributed by atoms with van der Waals surface area (Å²) < 4.78 is 0. The molecule has 0 saturated carbocycles. The van der Waals surface area contributed by atoms with Crippen molar-refractivity contribution in [3.63, 3.8) is 0 Å². The predicted octanol–water partition coefficient (Wildman–Crippen LogP) is 0.932. The van der Waals surface area contributed by atoms with Crippen LogP contribution >= 0.6 is 0 Å². The van der Waals surface area contributed by atoms with Crippen LogP contribution in [0.5, 0.6) is 0 Å². The van der Waals surface area contributed by atoms with Gasteiger partial charge in [-0.15, -0.1) is 0 Å². The van der Waals surface area contributed by atoms with Gasteiger partial charge in [-0.3, -0.25) is 0 Å². The van der Waals surface area contributed by atoms with Crippen molar-refractivity contribution in [3.8, 4) is 0 Å². The Kier molecular flexibility index (Phi) is 4.98. The second kappa shape index (κ2) is 6.74. The number of nitrogens with one attached hydrogen (secondary N) is 2. The van der Waals surface area contributed by atoms with E-state index in [0.717, 1.165) is 32.4 Å². The topological polar surface area (TPSA) is 44.3 Å². The minimum Gasteiger partial charge on any atom is -0.395 e. The quantitative estimate of drug-likeness (QED) is 0.710. The number of rotatable bonds is 5. The first kappa shape index (κ1) is 12.6. The van der Waals surface area contributed by atoms with Crippen molar-refractivity contribution in [2.45, 2.75) is 31.3 Å². The Morgan fingerprint density at radius 1 is 1.24 bits per heavy atom. The molecule has 1 aromatic carbocycles. The minimum atomic E-state index is 0.181. The average molecular weight is 234 g/mol. The van der Waals surface area contributed by atoms with E-state index in [2.05, 4.69) is 22.8 Å². The molecule has 2 rings (SSSR count). The van der Waals surface area contributed by atoms with Gasteiger partial charge in [0.05, 0.1) is 6.61 Å². The first-order valence-corrected chi connectivity index (χ1v) is 6.50. The molecule has 0 bridgehead atoms. The molecule has 0 radical (unpaired) electrons. The van der Waals surface area contributed by atoms with E-state index in [1.165, 1.54) is 5.56 Å². The van der Waals surface area contributed by atoms with Crippen LogP contribution in [0.15, 0.2) is 30.3 Å². The van der Waals surface area contributed by atoms with Crippen molar-refractivity contribution < 1.29 is 5.11 Å². The highest BCUT2D eigenvalue weighted by atomic mass is 16.3. The fraction of sp³-hybridized carbons (Fsp3) is 0.571. The Balaban J connectivity index is 1.83. The fourth-order valence-electron chi connectivity index (χ4n) is 2.40. The third-order valence-corrected chi connectivity index (χ3v) is 3.36. The number of piperidine rings is 1. The molecule has 1 aliphatic rings. The molecule has 1 atom stereocenters. The number of aliphatic hydroxyl groups excluding tert-OH is 1. The van der Waals surface area contributed by atoms with Gasteiger partial charge in [0, 0.05) is 12.1 Å². The largest absolute Gasteiger partial charge is 0.395 e. The summed E-state index contributed by atoms with van der Waals surface area (Å²) >= 11 is 0. The first-order chi connectivity index (χ1) is 8.38. The Labute approximate surface area is 103 Å². The van der Waals surface area contributed by atoms with E-state index in [0.29, 0.717) is 6.04 Å². The third-order valence-electron chi connectivity index (χ3n) is 3.36. The fourth-order valence-corrected chi connectivity index (χ4v) is 2.40. The lowest BCUT2D eigenvalue weighted by Gasteiger charge is -2.28. The van der Waals surface area contributed by atoms with E-state index < -0.39 is 0 Å². The molecular weight excluding hydrogens is 212 g/mol. The van der Waals surface area contributed by atoms with Crippen LogP contribution in [-0.2, 0) is 6.42 Å². The molecule has 3 heteroatoms. The molecule has 1 fully saturated rings. The summed E-state index contributed by atoms with van der Waals surface area (Å²) in [5.41, 5.74) is 1.29. The molecule has 0 spiro atoms. The van der Waals surface area contributed by atoms with Gasteiger partial charge in [0.1, 0.15) is 0 Å². The molecule has 3 N–H and O–H groups in total. The molecule has 0 aliphatic carbocycles. The van der Waals surface area contributed by atoms with E-state index in [-0.39, 0.29) is 12.6 Å². The normalized spacial score (nSPS) is 19.1. The summed E-state index contributed by atoms with van der Waals surface area (Å²) in [5.74, 6) is 0. The van der Waals surface area contributed by atoms with Gasteiger partial charge in [-0.25, -0.2) is 0 Å². The van der Waals surface area contributed by atoms with Crippen LogP contribution in [0.3, 0.4) is 0 Å². The maximum atomic E-state index is 9.44. The number of hydrogen-bond acceptors (Lipinski definition) is 3. The zero-order chi connectivity index (χ0) is 11.9. The maximum Gasteiger partial charge on any atom is 0.0587 e. The number of aliphatic hydroxyl groups is 1. The standard InChI is InChI=1S/C14H22N2O/c17-11-14(10-12-4-2-1-3-5-12)16-13-6-8-15-9-7-13/h1-5,13-17H,6-11H2. The van der Waals surface area contributed by atoms with E-state index in [4.69, 9.17) is 0 Å².